The summed E-state index contributed by atoms with van der Waals surface area (Å²) in [5.74, 6) is 0. The van der Waals surface area contributed by atoms with E-state index in [2.05, 4.69) is 58.4 Å². The predicted octanol–water partition coefficient (Wildman–Crippen LogP) is 8.64. The predicted molar refractivity (Wildman–Crippen MR) is 149 cm³/mol. The maximum absolute atomic E-state index is 12.7. The monoisotopic (exact) mass is 493 g/mol. The standard InChI is InChI=1S/C31H31N3O3/c1-31(2,3)37-30(35)33-26-20-34(18-9-5-4-8-17-32)27-16-15-21(19-25(26)27)22-12-10-13-24-23-11-6-7-14-28(23)36-29(22)24/h6-7,10-16,19-20H,4-5,8-9,18H2,1-3H3,(H,33,35). The summed E-state index contributed by atoms with van der Waals surface area (Å²) in [6.45, 7) is 6.35. The molecule has 0 unspecified atom stereocenters. The summed E-state index contributed by atoms with van der Waals surface area (Å²) in [5.41, 5.74) is 4.87. The number of unbranched alkanes of at least 4 members (excludes halogenated alkanes) is 3. The van der Waals surface area contributed by atoms with Gasteiger partial charge in [0.25, 0.3) is 0 Å². The van der Waals surface area contributed by atoms with Gasteiger partial charge < -0.3 is 13.7 Å². The Balaban J connectivity index is 1.55. The van der Waals surface area contributed by atoms with Crippen LogP contribution in [-0.4, -0.2) is 16.3 Å². The van der Waals surface area contributed by atoms with Gasteiger partial charge in [-0.3, -0.25) is 5.32 Å². The molecule has 37 heavy (non-hydrogen) atoms. The highest BCUT2D eigenvalue weighted by Gasteiger charge is 2.19. The molecule has 0 radical (unpaired) electrons. The Bertz CT molecular complexity index is 1630. The molecule has 0 spiro atoms. The van der Waals surface area contributed by atoms with Crippen molar-refractivity contribution in [2.24, 2.45) is 0 Å². The first-order valence-corrected chi connectivity index (χ1v) is 12.7. The van der Waals surface area contributed by atoms with Gasteiger partial charge in [-0.15, -0.1) is 0 Å². The van der Waals surface area contributed by atoms with E-state index in [1.54, 1.807) is 0 Å². The van der Waals surface area contributed by atoms with Crippen molar-refractivity contribution < 1.29 is 13.9 Å². The molecule has 3 aromatic carbocycles. The summed E-state index contributed by atoms with van der Waals surface area (Å²) in [6, 6.07) is 22.8. The van der Waals surface area contributed by atoms with Crippen LogP contribution in [0.5, 0.6) is 0 Å². The van der Waals surface area contributed by atoms with Gasteiger partial charge in [0, 0.05) is 40.9 Å². The third-order valence-corrected chi connectivity index (χ3v) is 6.42. The molecule has 0 aliphatic carbocycles. The number of aromatic nitrogens is 1. The largest absolute Gasteiger partial charge is 0.455 e. The Labute approximate surface area is 216 Å². The molecule has 188 valence electrons. The van der Waals surface area contributed by atoms with Crippen LogP contribution in [0.25, 0.3) is 44.0 Å². The zero-order valence-corrected chi connectivity index (χ0v) is 21.5. The van der Waals surface area contributed by atoms with Crippen LogP contribution in [-0.2, 0) is 11.3 Å². The Morgan fingerprint density at radius 3 is 2.62 bits per heavy atom. The number of carbonyl (C=O) groups excluding carboxylic acids is 1. The lowest BCUT2D eigenvalue weighted by atomic mass is 10.0. The van der Waals surface area contributed by atoms with Crippen molar-refractivity contribution >= 4 is 44.6 Å². The molecule has 6 nitrogen and oxygen atoms in total. The Hall–Kier alpha value is -4.24. The number of hydrogen-bond donors (Lipinski definition) is 1. The molecule has 0 atom stereocenters. The fraction of sp³-hybridized carbons (Fsp3) is 0.290. The number of furan rings is 1. The minimum Gasteiger partial charge on any atom is -0.455 e. The van der Waals surface area contributed by atoms with E-state index >= 15 is 0 Å². The normalized spacial score (nSPS) is 11.7. The van der Waals surface area contributed by atoms with Gasteiger partial charge in [-0.25, -0.2) is 4.79 Å². The summed E-state index contributed by atoms with van der Waals surface area (Å²) in [4.78, 5) is 12.7. The number of rotatable bonds is 7. The van der Waals surface area contributed by atoms with Crippen molar-refractivity contribution in [3.63, 3.8) is 0 Å². The molecule has 1 amide bonds. The SMILES string of the molecule is CC(C)(C)OC(=O)Nc1cn(CCCCCC#N)c2ccc(-c3cccc4c3oc3ccccc34)cc12. The smallest absolute Gasteiger partial charge is 0.412 e. The third kappa shape index (κ3) is 5.17. The number of amides is 1. The summed E-state index contributed by atoms with van der Waals surface area (Å²) >= 11 is 0. The molecule has 0 bridgehead atoms. The van der Waals surface area contributed by atoms with Gasteiger partial charge in [0.2, 0.25) is 0 Å². The van der Waals surface area contributed by atoms with Crippen LogP contribution in [0.2, 0.25) is 0 Å². The second-order valence-electron chi connectivity index (χ2n) is 10.3. The van der Waals surface area contributed by atoms with Gasteiger partial charge in [0.15, 0.2) is 0 Å². The Morgan fingerprint density at radius 1 is 1.00 bits per heavy atom. The van der Waals surface area contributed by atoms with Crippen LogP contribution in [0.3, 0.4) is 0 Å². The summed E-state index contributed by atoms with van der Waals surface area (Å²) in [7, 11) is 0. The molecule has 0 aliphatic heterocycles. The zero-order chi connectivity index (χ0) is 26.0. The minimum atomic E-state index is -0.592. The van der Waals surface area contributed by atoms with E-state index < -0.39 is 11.7 Å². The highest BCUT2D eigenvalue weighted by Crippen LogP contribution is 2.38. The Kier molecular flexibility index (Phi) is 6.62. The molecule has 0 saturated heterocycles. The van der Waals surface area contributed by atoms with Crippen molar-refractivity contribution in [3.8, 4) is 17.2 Å². The van der Waals surface area contributed by atoms with E-state index in [1.165, 1.54) is 0 Å². The van der Waals surface area contributed by atoms with Crippen molar-refractivity contribution in [2.75, 3.05) is 5.32 Å². The highest BCUT2D eigenvalue weighted by molar-refractivity contribution is 6.10. The average Bonchev–Trinajstić information content (AvgIpc) is 3.40. The molecule has 1 N–H and O–H groups in total. The van der Waals surface area contributed by atoms with Crippen LogP contribution in [0.15, 0.2) is 71.3 Å². The third-order valence-electron chi connectivity index (χ3n) is 6.42. The lowest BCUT2D eigenvalue weighted by Crippen LogP contribution is -2.27. The van der Waals surface area contributed by atoms with Crippen LogP contribution in [0.1, 0.15) is 46.5 Å². The van der Waals surface area contributed by atoms with Crippen molar-refractivity contribution in [1.82, 2.24) is 4.57 Å². The van der Waals surface area contributed by atoms with Crippen molar-refractivity contribution in [3.05, 3.63) is 66.9 Å². The first-order valence-electron chi connectivity index (χ1n) is 12.7. The van der Waals surface area contributed by atoms with Crippen molar-refractivity contribution in [2.45, 2.75) is 58.6 Å². The molecule has 5 aromatic rings. The molecule has 5 rings (SSSR count). The number of aryl methyl sites for hydroxylation is 1. The maximum atomic E-state index is 12.7. The molecular formula is C31H31N3O3. The summed E-state index contributed by atoms with van der Waals surface area (Å²) in [5, 5.41) is 14.9. The van der Waals surface area contributed by atoms with E-state index in [4.69, 9.17) is 14.4 Å². The number of anilines is 1. The van der Waals surface area contributed by atoms with E-state index in [0.717, 1.165) is 69.8 Å². The molecule has 0 fully saturated rings. The van der Waals surface area contributed by atoms with Gasteiger partial charge in [-0.2, -0.15) is 5.26 Å². The van der Waals surface area contributed by atoms with E-state index in [9.17, 15) is 4.79 Å². The number of fused-ring (bicyclic) bond motifs is 4. The maximum Gasteiger partial charge on any atom is 0.412 e. The second kappa shape index (κ2) is 10.0. The molecule has 2 heterocycles. The van der Waals surface area contributed by atoms with E-state index in [0.29, 0.717) is 12.1 Å². The number of hydrogen-bond acceptors (Lipinski definition) is 4. The first kappa shape index (κ1) is 24.5. The Morgan fingerprint density at radius 2 is 1.81 bits per heavy atom. The molecule has 2 aromatic heterocycles. The number of nitrogens with zero attached hydrogens (tertiary/aromatic N) is 2. The average molecular weight is 494 g/mol. The minimum absolute atomic E-state index is 0.481. The molecular weight excluding hydrogens is 462 g/mol. The van der Waals surface area contributed by atoms with E-state index in [-0.39, 0.29) is 0 Å². The fourth-order valence-electron chi connectivity index (χ4n) is 4.80. The second-order valence-corrected chi connectivity index (χ2v) is 10.3. The number of nitrogens with one attached hydrogen (secondary N) is 1. The lowest BCUT2D eigenvalue weighted by Gasteiger charge is -2.19. The van der Waals surface area contributed by atoms with E-state index in [1.807, 2.05) is 45.2 Å². The highest BCUT2D eigenvalue weighted by atomic mass is 16.6. The summed E-state index contributed by atoms with van der Waals surface area (Å²) in [6.07, 6.45) is 4.90. The van der Waals surface area contributed by atoms with Gasteiger partial charge in [0.05, 0.1) is 17.3 Å². The number of para-hydroxylation sites is 2. The molecule has 6 heteroatoms. The van der Waals surface area contributed by atoms with Crippen LogP contribution in [0.4, 0.5) is 10.5 Å². The van der Waals surface area contributed by atoms with Gasteiger partial charge in [0.1, 0.15) is 16.8 Å². The number of nitriles is 1. The molecule has 0 aliphatic rings. The fourth-order valence-corrected chi connectivity index (χ4v) is 4.80. The van der Waals surface area contributed by atoms with Crippen LogP contribution < -0.4 is 5.32 Å². The van der Waals surface area contributed by atoms with Gasteiger partial charge in [-0.05, 0) is 57.4 Å². The number of carbonyl (C=O) groups is 1. The lowest BCUT2D eigenvalue weighted by molar-refractivity contribution is 0.0636. The van der Waals surface area contributed by atoms with Crippen molar-refractivity contribution in [1.29, 1.82) is 5.26 Å². The quantitative estimate of drug-likeness (QED) is 0.230. The van der Waals surface area contributed by atoms with Gasteiger partial charge in [-0.1, -0.05) is 48.9 Å². The molecule has 0 saturated carbocycles. The first-order chi connectivity index (χ1) is 17.8. The zero-order valence-electron chi connectivity index (χ0n) is 21.5. The number of benzene rings is 3. The summed E-state index contributed by atoms with van der Waals surface area (Å²) < 4.78 is 14.0. The van der Waals surface area contributed by atoms with Crippen LogP contribution in [0, 0.1) is 11.3 Å². The van der Waals surface area contributed by atoms with Gasteiger partial charge >= 0.3 is 6.09 Å². The topological polar surface area (TPSA) is 80.2 Å². The van der Waals surface area contributed by atoms with Crippen LogP contribution >= 0.6 is 0 Å². The number of ether oxygens (including phenoxy) is 1.